The minimum Gasteiger partial charge on any atom is -0.354 e. The molecule has 0 bridgehead atoms. The molecule has 0 spiro atoms. The summed E-state index contributed by atoms with van der Waals surface area (Å²) >= 11 is 0. The molecule has 0 aliphatic rings. The van der Waals surface area contributed by atoms with Gasteiger partial charge in [-0.15, -0.1) is 0 Å². The van der Waals surface area contributed by atoms with Crippen LogP contribution in [0.25, 0.3) is 0 Å². The molecule has 7 nitrogen and oxygen atoms in total. The second-order valence-corrected chi connectivity index (χ2v) is 13.3. The van der Waals surface area contributed by atoms with Crippen molar-refractivity contribution in [2.75, 3.05) is 17.4 Å². The van der Waals surface area contributed by atoms with E-state index in [2.05, 4.69) is 12.2 Å². The molecule has 2 amide bonds. The van der Waals surface area contributed by atoms with Gasteiger partial charge in [-0.3, -0.25) is 13.9 Å². The minimum absolute atomic E-state index is 0.0853. The van der Waals surface area contributed by atoms with E-state index in [0.29, 0.717) is 12.2 Å². The van der Waals surface area contributed by atoms with Gasteiger partial charge < -0.3 is 10.2 Å². The maximum absolute atomic E-state index is 14.6. The van der Waals surface area contributed by atoms with E-state index in [9.17, 15) is 18.0 Å². The number of aryl methyl sites for hydroxylation is 3. The van der Waals surface area contributed by atoms with E-state index in [0.717, 1.165) is 40.7 Å². The van der Waals surface area contributed by atoms with Crippen LogP contribution < -0.4 is 9.62 Å². The molecule has 4 aromatic rings. The van der Waals surface area contributed by atoms with E-state index in [1.807, 2.05) is 87.5 Å². The first-order valence-corrected chi connectivity index (χ1v) is 16.9. The zero-order chi connectivity index (χ0) is 32.4. The van der Waals surface area contributed by atoms with Crippen molar-refractivity contribution in [2.45, 2.75) is 64.4 Å². The van der Waals surface area contributed by atoms with Crippen LogP contribution in [0.15, 0.2) is 108 Å². The summed E-state index contributed by atoms with van der Waals surface area (Å²) < 4.78 is 29.6. The monoisotopic (exact) mass is 625 g/mol. The van der Waals surface area contributed by atoms with Crippen LogP contribution in [0.5, 0.6) is 0 Å². The van der Waals surface area contributed by atoms with Gasteiger partial charge >= 0.3 is 0 Å². The molecule has 0 fully saturated rings. The molecule has 0 aromatic heterocycles. The molecular formula is C37H43N3O4S. The number of benzene rings is 4. The molecule has 1 atom stereocenters. The largest absolute Gasteiger partial charge is 0.354 e. The highest BCUT2D eigenvalue weighted by Crippen LogP contribution is 2.29. The van der Waals surface area contributed by atoms with Crippen molar-refractivity contribution in [3.63, 3.8) is 0 Å². The molecule has 236 valence electrons. The number of nitrogens with one attached hydrogen (secondary N) is 1. The zero-order valence-electron chi connectivity index (χ0n) is 26.6. The van der Waals surface area contributed by atoms with E-state index >= 15 is 0 Å². The second kappa shape index (κ2) is 15.5. The van der Waals surface area contributed by atoms with Crippen LogP contribution in [-0.4, -0.2) is 44.3 Å². The third-order valence-corrected chi connectivity index (χ3v) is 9.55. The summed E-state index contributed by atoms with van der Waals surface area (Å²) in [4.78, 5) is 30.1. The molecule has 45 heavy (non-hydrogen) atoms. The number of rotatable bonds is 14. The summed E-state index contributed by atoms with van der Waals surface area (Å²) in [7, 11) is -4.14. The predicted octanol–water partition coefficient (Wildman–Crippen LogP) is 6.36. The summed E-state index contributed by atoms with van der Waals surface area (Å²) in [6.07, 6.45) is 2.01. The van der Waals surface area contributed by atoms with Gasteiger partial charge in [-0.05, 0) is 67.6 Å². The van der Waals surface area contributed by atoms with Gasteiger partial charge in [-0.2, -0.15) is 0 Å². The summed E-state index contributed by atoms with van der Waals surface area (Å²) in [5, 5.41) is 3.03. The van der Waals surface area contributed by atoms with E-state index in [4.69, 9.17) is 0 Å². The molecule has 0 aliphatic heterocycles. The Kier molecular flexibility index (Phi) is 11.5. The number of hydrogen-bond acceptors (Lipinski definition) is 4. The van der Waals surface area contributed by atoms with Gasteiger partial charge in [-0.1, -0.05) is 104 Å². The zero-order valence-corrected chi connectivity index (χ0v) is 27.4. The summed E-state index contributed by atoms with van der Waals surface area (Å²) in [6.45, 7) is 7.91. The number of hydrogen-bond donors (Lipinski definition) is 1. The van der Waals surface area contributed by atoms with E-state index in [1.54, 1.807) is 29.2 Å². The molecule has 0 saturated carbocycles. The smallest absolute Gasteiger partial charge is 0.264 e. The van der Waals surface area contributed by atoms with Crippen LogP contribution in [0.1, 0.15) is 47.6 Å². The molecule has 1 N–H and O–H groups in total. The Morgan fingerprint density at radius 2 is 1.42 bits per heavy atom. The van der Waals surface area contributed by atoms with Gasteiger partial charge in [0.05, 0.1) is 10.6 Å². The first-order valence-electron chi connectivity index (χ1n) is 15.4. The number of anilines is 1. The van der Waals surface area contributed by atoms with Crippen LogP contribution in [0.4, 0.5) is 5.69 Å². The molecule has 0 radical (unpaired) electrons. The number of nitrogens with zero attached hydrogens (tertiary/aromatic N) is 2. The molecule has 0 heterocycles. The molecule has 8 heteroatoms. The number of unbranched alkanes of at least 4 members (excludes halogenated alkanes) is 1. The summed E-state index contributed by atoms with van der Waals surface area (Å²) in [6, 6.07) is 30.2. The van der Waals surface area contributed by atoms with Crippen LogP contribution in [0.3, 0.4) is 0 Å². The first-order chi connectivity index (χ1) is 21.6. The number of carbonyl (C=O) groups excluding carboxylic acids is 2. The fraction of sp³-hybridized carbons (Fsp3) is 0.297. The fourth-order valence-corrected chi connectivity index (χ4v) is 6.78. The first kappa shape index (κ1) is 33.5. The normalized spacial score (nSPS) is 11.9. The fourth-order valence-electron chi connectivity index (χ4n) is 5.29. The van der Waals surface area contributed by atoms with E-state index in [-0.39, 0.29) is 23.8 Å². The van der Waals surface area contributed by atoms with Crippen molar-refractivity contribution in [1.82, 2.24) is 10.2 Å². The standard InChI is InChI=1S/C37H43N3O4S/c1-5-6-22-38-37(42)35(25-31-15-9-7-10-16-31)39(26-32-17-13-14-28(2)23-32)36(41)27-40(34-24-29(3)20-21-30(34)4)45(43,44)33-18-11-8-12-19-33/h7-21,23-24,35H,5-6,22,25-27H2,1-4H3,(H,38,42). The number of amides is 2. The van der Waals surface area contributed by atoms with Gasteiger partial charge in [0, 0.05) is 19.5 Å². The Bertz CT molecular complexity index is 1690. The maximum atomic E-state index is 14.6. The Morgan fingerprint density at radius 1 is 0.778 bits per heavy atom. The van der Waals surface area contributed by atoms with Gasteiger partial charge in [-0.25, -0.2) is 8.42 Å². The van der Waals surface area contributed by atoms with E-state index < -0.39 is 28.5 Å². The Hall–Kier alpha value is -4.43. The van der Waals surface area contributed by atoms with Crippen molar-refractivity contribution >= 4 is 27.5 Å². The maximum Gasteiger partial charge on any atom is 0.264 e. The molecular weight excluding hydrogens is 582 g/mol. The predicted molar refractivity (Wildman–Crippen MR) is 180 cm³/mol. The highest BCUT2D eigenvalue weighted by atomic mass is 32.2. The highest BCUT2D eigenvalue weighted by Gasteiger charge is 2.35. The average Bonchev–Trinajstić information content (AvgIpc) is 3.03. The summed E-state index contributed by atoms with van der Waals surface area (Å²) in [5.74, 6) is -0.735. The van der Waals surface area contributed by atoms with Crippen LogP contribution in [0, 0.1) is 20.8 Å². The van der Waals surface area contributed by atoms with Gasteiger partial charge in [0.1, 0.15) is 12.6 Å². The quantitative estimate of drug-likeness (QED) is 0.165. The SMILES string of the molecule is CCCCNC(=O)C(Cc1ccccc1)N(Cc1cccc(C)c1)C(=O)CN(c1cc(C)ccc1C)S(=O)(=O)c1ccccc1. The van der Waals surface area contributed by atoms with Gasteiger partial charge in [0.15, 0.2) is 0 Å². The van der Waals surface area contributed by atoms with Gasteiger partial charge in [0.25, 0.3) is 10.0 Å². The van der Waals surface area contributed by atoms with Crippen LogP contribution >= 0.6 is 0 Å². The number of sulfonamides is 1. The van der Waals surface area contributed by atoms with Crippen molar-refractivity contribution in [1.29, 1.82) is 0 Å². The topological polar surface area (TPSA) is 86.8 Å². The minimum atomic E-state index is -4.14. The van der Waals surface area contributed by atoms with Crippen molar-refractivity contribution in [3.8, 4) is 0 Å². The highest BCUT2D eigenvalue weighted by molar-refractivity contribution is 7.92. The molecule has 1 unspecified atom stereocenters. The lowest BCUT2D eigenvalue weighted by Crippen LogP contribution is -2.53. The van der Waals surface area contributed by atoms with Crippen LogP contribution in [-0.2, 0) is 32.6 Å². The third kappa shape index (κ3) is 8.82. The lowest BCUT2D eigenvalue weighted by Gasteiger charge is -2.34. The Labute approximate surface area is 268 Å². The molecule has 0 saturated heterocycles. The van der Waals surface area contributed by atoms with Crippen molar-refractivity contribution < 1.29 is 18.0 Å². The lowest BCUT2D eigenvalue weighted by molar-refractivity contribution is -0.140. The molecule has 4 aromatic carbocycles. The van der Waals surface area contributed by atoms with Crippen molar-refractivity contribution in [2.24, 2.45) is 0 Å². The number of carbonyl (C=O) groups is 2. The van der Waals surface area contributed by atoms with E-state index in [1.165, 1.54) is 16.4 Å². The van der Waals surface area contributed by atoms with Gasteiger partial charge in [0.2, 0.25) is 11.8 Å². The van der Waals surface area contributed by atoms with Crippen molar-refractivity contribution in [3.05, 3.63) is 131 Å². The molecule has 4 rings (SSSR count). The molecule has 0 aliphatic carbocycles. The summed E-state index contributed by atoms with van der Waals surface area (Å²) in [5.41, 5.74) is 4.79. The second-order valence-electron chi connectivity index (χ2n) is 11.5. The third-order valence-electron chi connectivity index (χ3n) is 7.78. The average molecular weight is 626 g/mol. The lowest BCUT2D eigenvalue weighted by atomic mass is 10.0. The Balaban J connectivity index is 1.81. The van der Waals surface area contributed by atoms with Crippen LogP contribution in [0.2, 0.25) is 0 Å². The Morgan fingerprint density at radius 3 is 2.09 bits per heavy atom.